The van der Waals surface area contributed by atoms with Gasteiger partial charge in [-0.05, 0) is 66.0 Å². The van der Waals surface area contributed by atoms with Crippen LogP contribution in [0.1, 0.15) is 0 Å². The Kier molecular flexibility index (Phi) is 2.53. The van der Waals surface area contributed by atoms with Gasteiger partial charge in [0.2, 0.25) is 0 Å². The molecule has 0 unspecified atom stereocenters. The minimum atomic E-state index is -0.565. The Morgan fingerprint density at radius 1 is 0.448 bits per heavy atom. The molecule has 0 atom stereocenters. The lowest BCUT2D eigenvalue weighted by Crippen LogP contribution is -1.94. The zero-order valence-corrected chi connectivity index (χ0v) is 15.2. The minimum Gasteiger partial charge on any atom is -0.386 e. The zero-order valence-electron chi connectivity index (χ0n) is 15.2. The van der Waals surface area contributed by atoms with Crippen LogP contribution in [0.15, 0.2) is 86.8 Å². The van der Waals surface area contributed by atoms with Gasteiger partial charge in [0.15, 0.2) is 0 Å². The lowest BCUT2D eigenvalue weighted by Gasteiger charge is -2.16. The summed E-state index contributed by atoms with van der Waals surface area (Å²) < 4.78 is 4.94. The van der Waals surface area contributed by atoms with E-state index in [1.807, 2.05) is 24.3 Å². The average Bonchev–Trinajstić information content (AvgIpc) is 3.04. The Bertz CT molecular complexity index is 1890. The molecule has 0 saturated heterocycles. The second kappa shape index (κ2) is 4.89. The second-order valence-corrected chi connectivity index (χ2v) is 7.63. The summed E-state index contributed by atoms with van der Waals surface area (Å²) in [7, 11) is 0. The maximum absolute atomic E-state index is 12.4. The van der Waals surface area contributed by atoms with Crippen LogP contribution in [0.3, 0.4) is 0 Å². The van der Waals surface area contributed by atoms with Crippen molar-refractivity contribution in [2.45, 2.75) is 0 Å². The van der Waals surface area contributed by atoms with Crippen molar-refractivity contribution in [3.8, 4) is 0 Å². The quantitative estimate of drug-likeness (QED) is 0.250. The summed E-state index contributed by atoms with van der Waals surface area (Å²) in [4.78, 5) is 24.7. The third-order valence-electron chi connectivity index (χ3n) is 6.22. The van der Waals surface area contributed by atoms with Gasteiger partial charge in [-0.15, -0.1) is 0 Å². The molecular weight excluding hydrogens is 360 g/mol. The Morgan fingerprint density at radius 2 is 1.14 bits per heavy atom. The van der Waals surface area contributed by atoms with E-state index in [1.54, 1.807) is 0 Å². The van der Waals surface area contributed by atoms with E-state index in [1.165, 1.54) is 21.5 Å². The SMILES string of the molecule is O=c1oc(=O)c2c1cc1c3cccc4cc5ccccc5c(c5cccc2c15)c43. The maximum atomic E-state index is 12.4. The van der Waals surface area contributed by atoms with Crippen molar-refractivity contribution < 1.29 is 4.42 Å². The third kappa shape index (κ3) is 1.69. The number of rotatable bonds is 0. The molecule has 0 aliphatic heterocycles. The summed E-state index contributed by atoms with van der Waals surface area (Å²) in [5.41, 5.74) is -1.12. The van der Waals surface area contributed by atoms with E-state index in [-0.39, 0.29) is 0 Å². The fourth-order valence-corrected chi connectivity index (χ4v) is 5.10. The highest BCUT2D eigenvalue weighted by atomic mass is 16.4. The molecule has 0 saturated carbocycles. The number of benzene rings is 6. The minimum absolute atomic E-state index is 0.357. The van der Waals surface area contributed by atoms with Crippen molar-refractivity contribution >= 4 is 64.6 Å². The normalized spacial score (nSPS) is 12.4. The van der Waals surface area contributed by atoms with Crippen LogP contribution in [0.5, 0.6) is 0 Å². The molecule has 0 bridgehead atoms. The zero-order chi connectivity index (χ0) is 19.3. The highest BCUT2D eigenvalue weighted by molar-refractivity contribution is 6.40. The molecule has 3 nitrogen and oxygen atoms in total. The van der Waals surface area contributed by atoms with Crippen molar-refractivity contribution in [1.82, 2.24) is 0 Å². The standard InChI is InChI=1S/C26H12O3/c27-25-20-12-19-16-8-3-6-14-11-13-5-1-2-7-15(13)23(21(14)16)17-9-4-10-18(22(17)19)24(20)26(28)29-25/h1-12H. The smallest absolute Gasteiger partial charge is 0.347 e. The van der Waals surface area contributed by atoms with Crippen molar-refractivity contribution in [2.75, 3.05) is 0 Å². The van der Waals surface area contributed by atoms with Gasteiger partial charge in [0, 0.05) is 0 Å². The van der Waals surface area contributed by atoms with E-state index < -0.39 is 11.3 Å². The van der Waals surface area contributed by atoms with Crippen molar-refractivity contribution in [2.24, 2.45) is 0 Å². The summed E-state index contributed by atoms with van der Waals surface area (Å²) in [6.07, 6.45) is 0. The molecule has 7 aromatic rings. The molecule has 1 aromatic heterocycles. The third-order valence-corrected chi connectivity index (χ3v) is 6.22. The summed E-state index contributed by atoms with van der Waals surface area (Å²) >= 11 is 0. The van der Waals surface area contributed by atoms with Crippen LogP contribution in [-0.4, -0.2) is 0 Å². The maximum Gasteiger partial charge on any atom is 0.347 e. The Morgan fingerprint density at radius 3 is 2.03 bits per heavy atom. The molecule has 134 valence electrons. The number of hydrogen-bond donors (Lipinski definition) is 0. The van der Waals surface area contributed by atoms with Gasteiger partial charge in [-0.3, -0.25) is 0 Å². The highest BCUT2D eigenvalue weighted by Crippen LogP contribution is 2.44. The topological polar surface area (TPSA) is 47.3 Å². The van der Waals surface area contributed by atoms with Gasteiger partial charge >= 0.3 is 11.3 Å². The van der Waals surface area contributed by atoms with Crippen LogP contribution in [0, 0.1) is 0 Å². The predicted octanol–water partition coefficient (Wildman–Crippen LogP) is 5.79. The van der Waals surface area contributed by atoms with Crippen LogP contribution >= 0.6 is 0 Å². The molecular formula is C26H12O3. The molecule has 3 heteroatoms. The fraction of sp³-hybridized carbons (Fsp3) is 0. The molecule has 0 aliphatic carbocycles. The number of furan rings is 1. The fourth-order valence-electron chi connectivity index (χ4n) is 5.10. The van der Waals surface area contributed by atoms with E-state index >= 15 is 0 Å². The Balaban J connectivity index is 1.98. The van der Waals surface area contributed by atoms with Gasteiger partial charge in [-0.2, -0.15) is 0 Å². The largest absolute Gasteiger partial charge is 0.386 e. The number of fused-ring (bicyclic) bond motifs is 6. The van der Waals surface area contributed by atoms with Gasteiger partial charge in [-0.25, -0.2) is 9.59 Å². The van der Waals surface area contributed by atoms with Crippen LogP contribution in [0.25, 0.3) is 64.6 Å². The lowest BCUT2D eigenvalue weighted by molar-refractivity contribution is 0.500. The summed E-state index contributed by atoms with van der Waals surface area (Å²) in [5, 5.41) is 11.6. The molecule has 0 N–H and O–H groups in total. The monoisotopic (exact) mass is 372 g/mol. The first-order valence-corrected chi connectivity index (χ1v) is 9.54. The van der Waals surface area contributed by atoms with Crippen LogP contribution in [0.4, 0.5) is 0 Å². The van der Waals surface area contributed by atoms with E-state index in [0.29, 0.717) is 10.8 Å². The molecule has 6 aromatic carbocycles. The Labute approximate surface area is 163 Å². The summed E-state index contributed by atoms with van der Waals surface area (Å²) in [6, 6.07) is 24.7. The predicted molar refractivity (Wildman–Crippen MR) is 119 cm³/mol. The van der Waals surface area contributed by atoms with Gasteiger partial charge in [0.25, 0.3) is 0 Å². The molecule has 29 heavy (non-hydrogen) atoms. The van der Waals surface area contributed by atoms with Crippen LogP contribution < -0.4 is 11.3 Å². The van der Waals surface area contributed by atoms with Gasteiger partial charge in [-0.1, -0.05) is 60.7 Å². The first-order valence-electron chi connectivity index (χ1n) is 9.54. The molecule has 0 radical (unpaired) electrons. The van der Waals surface area contributed by atoms with E-state index in [4.69, 9.17) is 4.42 Å². The van der Waals surface area contributed by atoms with Crippen LogP contribution in [0.2, 0.25) is 0 Å². The van der Waals surface area contributed by atoms with Gasteiger partial charge in [0.1, 0.15) is 0 Å². The molecule has 0 aliphatic rings. The molecule has 0 fully saturated rings. The van der Waals surface area contributed by atoms with E-state index in [0.717, 1.165) is 32.3 Å². The number of hydrogen-bond acceptors (Lipinski definition) is 3. The lowest BCUT2D eigenvalue weighted by atomic mass is 9.86. The summed E-state index contributed by atoms with van der Waals surface area (Å²) in [6.45, 7) is 0. The van der Waals surface area contributed by atoms with E-state index in [2.05, 4.69) is 48.5 Å². The summed E-state index contributed by atoms with van der Waals surface area (Å²) in [5.74, 6) is 0. The second-order valence-electron chi connectivity index (χ2n) is 7.63. The van der Waals surface area contributed by atoms with Crippen molar-refractivity contribution in [3.63, 3.8) is 0 Å². The average molecular weight is 372 g/mol. The first kappa shape index (κ1) is 15.0. The van der Waals surface area contributed by atoms with Gasteiger partial charge < -0.3 is 4.42 Å². The molecule has 7 rings (SSSR count). The van der Waals surface area contributed by atoms with Crippen LogP contribution in [-0.2, 0) is 0 Å². The molecule has 1 heterocycles. The molecule has 0 spiro atoms. The van der Waals surface area contributed by atoms with Crippen molar-refractivity contribution in [1.29, 1.82) is 0 Å². The van der Waals surface area contributed by atoms with Crippen molar-refractivity contribution in [3.05, 3.63) is 93.6 Å². The first-order chi connectivity index (χ1) is 14.2. The molecule has 0 amide bonds. The Hall–Kier alpha value is -3.98. The van der Waals surface area contributed by atoms with E-state index in [9.17, 15) is 9.59 Å². The van der Waals surface area contributed by atoms with Gasteiger partial charge in [0.05, 0.1) is 10.8 Å². The highest BCUT2D eigenvalue weighted by Gasteiger charge is 2.20.